The largest absolute Gasteiger partial charge is 0.356 e. The Hall–Kier alpha value is -1.80. The van der Waals surface area contributed by atoms with Crippen molar-refractivity contribution < 1.29 is 4.79 Å². The van der Waals surface area contributed by atoms with Gasteiger partial charge in [0, 0.05) is 25.3 Å². The van der Waals surface area contributed by atoms with Gasteiger partial charge in [0.2, 0.25) is 0 Å². The third-order valence-electron chi connectivity index (χ3n) is 4.60. The van der Waals surface area contributed by atoms with Gasteiger partial charge in [0.15, 0.2) is 0 Å². The van der Waals surface area contributed by atoms with Crippen LogP contribution in [0.15, 0.2) is 12.3 Å². The minimum atomic E-state index is 0.0420. The average Bonchev–Trinajstić information content (AvgIpc) is 3.18. The Morgan fingerprint density at radius 1 is 1.29 bits per heavy atom. The van der Waals surface area contributed by atoms with Gasteiger partial charge >= 0.3 is 0 Å². The Labute approximate surface area is 125 Å². The lowest BCUT2D eigenvalue weighted by atomic mass is 10.0. The Morgan fingerprint density at radius 2 is 2.05 bits per heavy atom. The SMILES string of the molecule is N#Cc1c[nH]c(C(=O)N2CCCC[C@H]2CN2CCCC2)c1. The smallest absolute Gasteiger partial charge is 0.270 e. The van der Waals surface area contributed by atoms with E-state index < -0.39 is 0 Å². The second-order valence-electron chi connectivity index (χ2n) is 6.07. The van der Waals surface area contributed by atoms with Crippen LogP contribution in [-0.4, -0.2) is 52.9 Å². The highest BCUT2D eigenvalue weighted by Gasteiger charge is 2.30. The van der Waals surface area contributed by atoms with E-state index in [-0.39, 0.29) is 5.91 Å². The van der Waals surface area contributed by atoms with E-state index in [1.54, 1.807) is 12.3 Å². The summed E-state index contributed by atoms with van der Waals surface area (Å²) in [4.78, 5) is 20.1. The molecule has 1 N–H and O–H groups in total. The summed E-state index contributed by atoms with van der Waals surface area (Å²) in [5, 5.41) is 8.88. The van der Waals surface area contributed by atoms with Crippen LogP contribution in [0.2, 0.25) is 0 Å². The second-order valence-corrected chi connectivity index (χ2v) is 6.07. The molecule has 1 amide bonds. The van der Waals surface area contributed by atoms with Crippen molar-refractivity contribution in [3.05, 3.63) is 23.5 Å². The van der Waals surface area contributed by atoms with E-state index in [2.05, 4.69) is 16.0 Å². The van der Waals surface area contributed by atoms with Crippen LogP contribution >= 0.6 is 0 Å². The quantitative estimate of drug-likeness (QED) is 0.924. The van der Waals surface area contributed by atoms with E-state index in [4.69, 9.17) is 5.26 Å². The maximum atomic E-state index is 12.7. The minimum absolute atomic E-state index is 0.0420. The predicted molar refractivity (Wildman–Crippen MR) is 79.9 cm³/mol. The van der Waals surface area contributed by atoms with Crippen molar-refractivity contribution >= 4 is 5.91 Å². The van der Waals surface area contributed by atoms with Crippen LogP contribution in [0.1, 0.15) is 48.2 Å². The highest BCUT2D eigenvalue weighted by Crippen LogP contribution is 2.22. The molecule has 112 valence electrons. The van der Waals surface area contributed by atoms with Crippen molar-refractivity contribution in [2.75, 3.05) is 26.2 Å². The summed E-state index contributed by atoms with van der Waals surface area (Å²) < 4.78 is 0. The third-order valence-corrected chi connectivity index (χ3v) is 4.60. The van der Waals surface area contributed by atoms with Gasteiger partial charge in [-0.15, -0.1) is 0 Å². The molecule has 3 heterocycles. The number of piperidine rings is 1. The number of rotatable bonds is 3. The van der Waals surface area contributed by atoms with E-state index in [0.717, 1.165) is 25.9 Å². The molecule has 2 fully saturated rings. The van der Waals surface area contributed by atoms with Crippen LogP contribution in [0, 0.1) is 11.3 Å². The van der Waals surface area contributed by atoms with Gasteiger partial charge in [-0.2, -0.15) is 5.26 Å². The lowest BCUT2D eigenvalue weighted by molar-refractivity contribution is 0.0555. The Kier molecular flexibility index (Phi) is 4.26. The van der Waals surface area contributed by atoms with Crippen LogP contribution in [0.25, 0.3) is 0 Å². The molecule has 3 rings (SSSR count). The molecule has 1 atom stereocenters. The summed E-state index contributed by atoms with van der Waals surface area (Å²) in [6.45, 7) is 4.16. The first-order chi connectivity index (χ1) is 10.3. The van der Waals surface area contributed by atoms with E-state index in [9.17, 15) is 4.79 Å². The number of carbonyl (C=O) groups excluding carboxylic acids is 1. The van der Waals surface area contributed by atoms with Crippen LogP contribution in [-0.2, 0) is 0 Å². The molecular weight excluding hydrogens is 264 g/mol. The molecule has 5 heteroatoms. The summed E-state index contributed by atoms with van der Waals surface area (Å²) in [5.74, 6) is 0.0420. The lowest BCUT2D eigenvalue weighted by Gasteiger charge is -2.37. The van der Waals surface area contributed by atoms with Crippen molar-refractivity contribution in [3.63, 3.8) is 0 Å². The zero-order valence-corrected chi connectivity index (χ0v) is 12.3. The normalized spacial score (nSPS) is 23.2. The molecule has 2 aliphatic heterocycles. The van der Waals surface area contributed by atoms with Crippen molar-refractivity contribution in [2.24, 2.45) is 0 Å². The Morgan fingerprint density at radius 3 is 2.76 bits per heavy atom. The Bertz CT molecular complexity index is 539. The zero-order chi connectivity index (χ0) is 14.7. The first-order valence-electron chi connectivity index (χ1n) is 7.90. The van der Waals surface area contributed by atoms with Crippen molar-refractivity contribution in [1.29, 1.82) is 5.26 Å². The number of hydrogen-bond acceptors (Lipinski definition) is 3. The number of nitrogens with zero attached hydrogens (tertiary/aromatic N) is 3. The number of hydrogen-bond donors (Lipinski definition) is 1. The standard InChI is InChI=1S/C16H22N4O/c17-10-13-9-15(18-11-13)16(21)20-8-2-1-5-14(20)12-19-6-3-4-7-19/h9,11,14,18H,1-8,12H2/t14-/m0/s1. The van der Waals surface area contributed by atoms with E-state index in [1.165, 1.54) is 32.4 Å². The maximum Gasteiger partial charge on any atom is 0.270 e. The van der Waals surface area contributed by atoms with Crippen LogP contribution in [0.4, 0.5) is 0 Å². The highest BCUT2D eigenvalue weighted by molar-refractivity contribution is 5.93. The van der Waals surface area contributed by atoms with Gasteiger partial charge in [-0.1, -0.05) is 0 Å². The molecule has 2 aliphatic rings. The second kappa shape index (κ2) is 6.31. The fourth-order valence-electron chi connectivity index (χ4n) is 3.46. The molecule has 0 aliphatic carbocycles. The van der Waals surface area contributed by atoms with Gasteiger partial charge in [0.1, 0.15) is 11.8 Å². The molecule has 5 nitrogen and oxygen atoms in total. The molecule has 0 saturated carbocycles. The number of amides is 1. The van der Waals surface area contributed by atoms with Crippen molar-refractivity contribution in [3.8, 4) is 6.07 Å². The average molecular weight is 286 g/mol. The molecule has 0 unspecified atom stereocenters. The molecule has 1 aromatic heterocycles. The van der Waals surface area contributed by atoms with Crippen LogP contribution in [0.3, 0.4) is 0 Å². The number of H-pyrrole nitrogens is 1. The minimum Gasteiger partial charge on any atom is -0.356 e. The molecular formula is C16H22N4O. The highest BCUT2D eigenvalue weighted by atomic mass is 16.2. The van der Waals surface area contributed by atoms with Gasteiger partial charge in [-0.25, -0.2) is 0 Å². The monoisotopic (exact) mass is 286 g/mol. The van der Waals surface area contributed by atoms with Gasteiger partial charge in [-0.3, -0.25) is 4.79 Å². The van der Waals surface area contributed by atoms with E-state index >= 15 is 0 Å². The maximum absolute atomic E-state index is 12.7. The predicted octanol–water partition coefficient (Wildman–Crippen LogP) is 1.98. The number of aromatic nitrogens is 1. The molecule has 2 saturated heterocycles. The van der Waals surface area contributed by atoms with Crippen LogP contribution < -0.4 is 0 Å². The van der Waals surface area contributed by atoms with Crippen molar-refractivity contribution in [2.45, 2.75) is 38.1 Å². The van der Waals surface area contributed by atoms with Crippen LogP contribution in [0.5, 0.6) is 0 Å². The number of carbonyl (C=O) groups is 1. The molecule has 1 aromatic rings. The van der Waals surface area contributed by atoms with Gasteiger partial charge in [0.05, 0.1) is 5.56 Å². The molecule has 0 spiro atoms. The number of likely N-dealkylation sites (tertiary alicyclic amines) is 2. The summed E-state index contributed by atoms with van der Waals surface area (Å²) >= 11 is 0. The molecule has 0 radical (unpaired) electrons. The molecule has 21 heavy (non-hydrogen) atoms. The van der Waals surface area contributed by atoms with Gasteiger partial charge in [-0.05, 0) is 51.3 Å². The summed E-state index contributed by atoms with van der Waals surface area (Å²) in [5.41, 5.74) is 1.06. The number of aromatic amines is 1. The summed E-state index contributed by atoms with van der Waals surface area (Å²) in [7, 11) is 0. The fraction of sp³-hybridized carbons (Fsp3) is 0.625. The first-order valence-corrected chi connectivity index (χ1v) is 7.90. The van der Waals surface area contributed by atoms with E-state index in [1.807, 2.05) is 4.90 Å². The number of nitrogens with one attached hydrogen (secondary N) is 1. The van der Waals surface area contributed by atoms with Gasteiger partial charge < -0.3 is 14.8 Å². The lowest BCUT2D eigenvalue weighted by Crippen LogP contribution is -2.49. The first kappa shape index (κ1) is 14.2. The molecule has 0 bridgehead atoms. The third kappa shape index (κ3) is 3.11. The van der Waals surface area contributed by atoms with Crippen molar-refractivity contribution in [1.82, 2.24) is 14.8 Å². The van der Waals surface area contributed by atoms with Gasteiger partial charge in [0.25, 0.3) is 5.91 Å². The molecule has 0 aromatic carbocycles. The Balaban J connectivity index is 1.70. The summed E-state index contributed by atoms with van der Waals surface area (Å²) in [6, 6.07) is 4.04. The summed E-state index contributed by atoms with van der Waals surface area (Å²) in [6.07, 6.45) is 7.54. The number of nitriles is 1. The topological polar surface area (TPSA) is 63.1 Å². The zero-order valence-electron chi connectivity index (χ0n) is 12.3. The van der Waals surface area contributed by atoms with E-state index in [0.29, 0.717) is 17.3 Å². The fourth-order valence-corrected chi connectivity index (χ4v) is 3.46.